The highest BCUT2D eigenvalue weighted by molar-refractivity contribution is 5.92. The summed E-state index contributed by atoms with van der Waals surface area (Å²) in [5, 5.41) is 11.1. The number of nitrogens with zero attached hydrogens (tertiary/aromatic N) is 4. The predicted octanol–water partition coefficient (Wildman–Crippen LogP) is 3.67. The molecule has 0 spiro atoms. The van der Waals surface area contributed by atoms with Gasteiger partial charge in [-0.1, -0.05) is 0 Å². The van der Waals surface area contributed by atoms with Crippen molar-refractivity contribution in [1.29, 1.82) is 0 Å². The Hall–Kier alpha value is -3.42. The fraction of sp³-hybridized carbons (Fsp3) is 0.238. The van der Waals surface area contributed by atoms with Crippen LogP contribution in [0.1, 0.15) is 12.8 Å². The van der Waals surface area contributed by atoms with Gasteiger partial charge in [0.1, 0.15) is 11.6 Å². The van der Waals surface area contributed by atoms with Gasteiger partial charge in [0.15, 0.2) is 5.82 Å². The zero-order valence-corrected chi connectivity index (χ0v) is 15.6. The quantitative estimate of drug-likeness (QED) is 0.730. The van der Waals surface area contributed by atoms with E-state index in [1.54, 1.807) is 12.4 Å². The molecular weight excluding hydrogens is 376 g/mol. The van der Waals surface area contributed by atoms with Crippen LogP contribution in [-0.2, 0) is 4.79 Å². The van der Waals surface area contributed by atoms with E-state index in [4.69, 9.17) is 0 Å². The molecule has 0 radical (unpaired) electrons. The Labute approximate surface area is 166 Å². The molecule has 1 amide bonds. The second kappa shape index (κ2) is 8.30. The number of hydrogen-bond acceptors (Lipinski definition) is 5. The summed E-state index contributed by atoms with van der Waals surface area (Å²) in [6.45, 7) is 1.29. The molecule has 1 fully saturated rings. The van der Waals surface area contributed by atoms with Gasteiger partial charge < -0.3 is 10.2 Å². The molecular formula is C21H19F2N5O. The zero-order chi connectivity index (χ0) is 20.2. The molecule has 0 saturated carbocycles. The third-order valence-electron chi connectivity index (χ3n) is 5.01. The van der Waals surface area contributed by atoms with Gasteiger partial charge in [0, 0.05) is 43.0 Å². The van der Waals surface area contributed by atoms with Gasteiger partial charge >= 0.3 is 0 Å². The molecule has 0 aliphatic carbocycles. The van der Waals surface area contributed by atoms with E-state index in [2.05, 4.69) is 25.4 Å². The van der Waals surface area contributed by atoms with Crippen LogP contribution in [0.25, 0.3) is 11.3 Å². The van der Waals surface area contributed by atoms with Crippen molar-refractivity contribution in [2.45, 2.75) is 12.8 Å². The van der Waals surface area contributed by atoms with Crippen LogP contribution < -0.4 is 10.2 Å². The highest BCUT2D eigenvalue weighted by Crippen LogP contribution is 2.25. The van der Waals surface area contributed by atoms with Crippen molar-refractivity contribution < 1.29 is 13.6 Å². The molecule has 1 aliphatic rings. The second-order valence-corrected chi connectivity index (χ2v) is 6.89. The monoisotopic (exact) mass is 395 g/mol. The van der Waals surface area contributed by atoms with Gasteiger partial charge in [-0.05, 0) is 49.2 Å². The number of anilines is 2. The molecule has 0 atom stereocenters. The van der Waals surface area contributed by atoms with Crippen molar-refractivity contribution in [3.63, 3.8) is 0 Å². The number of amides is 1. The molecule has 0 unspecified atom stereocenters. The molecule has 0 bridgehead atoms. The lowest BCUT2D eigenvalue weighted by Crippen LogP contribution is -2.38. The van der Waals surface area contributed by atoms with Gasteiger partial charge in [-0.2, -0.15) is 0 Å². The first kappa shape index (κ1) is 18.9. The van der Waals surface area contributed by atoms with E-state index in [1.807, 2.05) is 24.3 Å². The molecule has 4 rings (SSSR count). The molecule has 8 heteroatoms. The first-order valence-electron chi connectivity index (χ1n) is 9.35. The highest BCUT2D eigenvalue weighted by Gasteiger charge is 2.26. The van der Waals surface area contributed by atoms with Crippen LogP contribution in [0.5, 0.6) is 0 Å². The van der Waals surface area contributed by atoms with E-state index < -0.39 is 11.6 Å². The summed E-state index contributed by atoms with van der Waals surface area (Å²) in [4.78, 5) is 18.5. The minimum Gasteiger partial charge on any atom is -0.355 e. The average Bonchev–Trinajstić information content (AvgIpc) is 2.76. The van der Waals surface area contributed by atoms with Gasteiger partial charge in [0.2, 0.25) is 5.91 Å². The number of carbonyl (C=O) groups excluding carboxylic acids is 1. The molecule has 1 aromatic carbocycles. The maximum atomic E-state index is 13.7. The molecule has 29 heavy (non-hydrogen) atoms. The van der Waals surface area contributed by atoms with Crippen molar-refractivity contribution in [2.24, 2.45) is 5.92 Å². The van der Waals surface area contributed by atoms with Crippen molar-refractivity contribution >= 4 is 17.4 Å². The summed E-state index contributed by atoms with van der Waals surface area (Å²) in [7, 11) is 0. The van der Waals surface area contributed by atoms with Crippen LogP contribution in [0.15, 0.2) is 54.9 Å². The lowest BCUT2D eigenvalue weighted by molar-refractivity contribution is -0.120. The van der Waals surface area contributed by atoms with Gasteiger partial charge in [0.05, 0.1) is 11.4 Å². The summed E-state index contributed by atoms with van der Waals surface area (Å²) in [6.07, 6.45) is 4.64. The van der Waals surface area contributed by atoms with Crippen LogP contribution in [0.2, 0.25) is 0 Å². The van der Waals surface area contributed by atoms with E-state index in [-0.39, 0.29) is 17.5 Å². The Morgan fingerprint density at radius 1 is 1.00 bits per heavy atom. The SMILES string of the molecule is O=C(Nc1ccc(F)cc1F)C1CCN(c2ccc(-c3ccncc3)nn2)CC1. The molecule has 2 aromatic heterocycles. The molecule has 1 N–H and O–H groups in total. The Balaban J connectivity index is 1.35. The second-order valence-electron chi connectivity index (χ2n) is 6.89. The smallest absolute Gasteiger partial charge is 0.227 e. The summed E-state index contributed by atoms with van der Waals surface area (Å²) in [5.41, 5.74) is 1.71. The van der Waals surface area contributed by atoms with Gasteiger partial charge in [-0.25, -0.2) is 8.78 Å². The van der Waals surface area contributed by atoms with Crippen LogP contribution in [0.3, 0.4) is 0 Å². The summed E-state index contributed by atoms with van der Waals surface area (Å²) >= 11 is 0. The first-order chi connectivity index (χ1) is 14.1. The Morgan fingerprint density at radius 3 is 2.41 bits per heavy atom. The predicted molar refractivity (Wildman–Crippen MR) is 105 cm³/mol. The minimum atomic E-state index is -0.777. The number of pyridine rings is 1. The molecule has 6 nitrogen and oxygen atoms in total. The van der Waals surface area contributed by atoms with Crippen molar-refractivity contribution in [3.8, 4) is 11.3 Å². The third-order valence-corrected chi connectivity index (χ3v) is 5.01. The average molecular weight is 395 g/mol. The van der Waals surface area contributed by atoms with Gasteiger partial charge in [-0.3, -0.25) is 9.78 Å². The van der Waals surface area contributed by atoms with Gasteiger partial charge in [-0.15, -0.1) is 10.2 Å². The molecule has 1 saturated heterocycles. The third kappa shape index (κ3) is 4.37. The summed E-state index contributed by atoms with van der Waals surface area (Å²) in [6, 6.07) is 10.7. The Kier molecular flexibility index (Phi) is 5.41. The lowest BCUT2D eigenvalue weighted by Gasteiger charge is -2.31. The molecule has 3 aromatic rings. The number of aromatic nitrogens is 3. The van der Waals surface area contributed by atoms with E-state index in [1.165, 1.54) is 6.07 Å². The largest absolute Gasteiger partial charge is 0.355 e. The summed E-state index contributed by atoms with van der Waals surface area (Å²) in [5.74, 6) is -1.19. The molecule has 3 heterocycles. The Bertz CT molecular complexity index is 990. The number of hydrogen-bond donors (Lipinski definition) is 1. The number of piperidine rings is 1. The van der Waals surface area contributed by atoms with Crippen LogP contribution in [0.4, 0.5) is 20.3 Å². The number of benzene rings is 1. The minimum absolute atomic E-state index is 0.00334. The first-order valence-corrected chi connectivity index (χ1v) is 9.35. The maximum Gasteiger partial charge on any atom is 0.227 e. The highest BCUT2D eigenvalue weighted by atomic mass is 19.1. The standard InChI is InChI=1S/C21H19F2N5O/c22-16-1-2-19(17(23)13-16)25-21(29)15-7-11-28(12-8-15)20-4-3-18(26-27-20)14-5-9-24-10-6-14/h1-6,9-10,13,15H,7-8,11-12H2,(H,25,29). The number of rotatable bonds is 4. The van der Waals surface area contributed by atoms with E-state index in [0.717, 1.165) is 29.2 Å². The Morgan fingerprint density at radius 2 is 1.76 bits per heavy atom. The topological polar surface area (TPSA) is 71.0 Å². The van der Waals surface area contributed by atoms with Crippen LogP contribution in [0, 0.1) is 17.6 Å². The maximum absolute atomic E-state index is 13.7. The van der Waals surface area contributed by atoms with Crippen molar-refractivity contribution in [3.05, 3.63) is 66.5 Å². The number of carbonyl (C=O) groups is 1. The van der Waals surface area contributed by atoms with E-state index >= 15 is 0 Å². The van der Waals surface area contributed by atoms with Crippen molar-refractivity contribution in [1.82, 2.24) is 15.2 Å². The number of halogens is 2. The zero-order valence-electron chi connectivity index (χ0n) is 15.6. The van der Waals surface area contributed by atoms with Crippen LogP contribution in [-0.4, -0.2) is 34.2 Å². The molecule has 1 aliphatic heterocycles. The summed E-state index contributed by atoms with van der Waals surface area (Å²) < 4.78 is 26.7. The lowest BCUT2D eigenvalue weighted by atomic mass is 9.95. The number of nitrogens with one attached hydrogen (secondary N) is 1. The van der Waals surface area contributed by atoms with E-state index in [0.29, 0.717) is 25.9 Å². The fourth-order valence-electron chi connectivity index (χ4n) is 3.37. The van der Waals surface area contributed by atoms with E-state index in [9.17, 15) is 13.6 Å². The fourth-order valence-corrected chi connectivity index (χ4v) is 3.37. The molecule has 148 valence electrons. The van der Waals surface area contributed by atoms with Crippen LogP contribution >= 0.6 is 0 Å². The van der Waals surface area contributed by atoms with Crippen molar-refractivity contribution in [2.75, 3.05) is 23.3 Å². The van der Waals surface area contributed by atoms with Gasteiger partial charge in [0.25, 0.3) is 0 Å². The normalized spacial score (nSPS) is 14.6.